The molecule has 0 fully saturated rings. The van der Waals surface area contributed by atoms with E-state index in [1.165, 1.54) is 12.1 Å². The first-order valence-electron chi connectivity index (χ1n) is 5.32. The summed E-state index contributed by atoms with van der Waals surface area (Å²) in [5.41, 5.74) is 3.11. The van der Waals surface area contributed by atoms with Crippen LogP contribution in [0.5, 0.6) is 0 Å². The Morgan fingerprint density at radius 3 is 2.89 bits per heavy atom. The van der Waals surface area contributed by atoms with Gasteiger partial charge in [-0.3, -0.25) is 5.43 Å². The average molecular weight is 319 g/mol. The molecule has 0 bridgehead atoms. The number of methoxy groups -OCH3 is 1. The van der Waals surface area contributed by atoms with Gasteiger partial charge in [-0.05, 0) is 41.1 Å². The van der Waals surface area contributed by atoms with E-state index in [1.807, 2.05) is 6.92 Å². The van der Waals surface area contributed by atoms with Gasteiger partial charge in [0.05, 0.1) is 18.3 Å². The smallest absolute Gasteiger partial charge is 0.210 e. The van der Waals surface area contributed by atoms with Crippen LogP contribution < -0.4 is 16.6 Å². The SMILES string of the molecule is COCC(C)N=C(NN)Nc1ccc(F)cc1Br. The van der Waals surface area contributed by atoms with Gasteiger partial charge in [0.25, 0.3) is 0 Å². The predicted octanol–water partition coefficient (Wildman–Crippen LogP) is 1.85. The Kier molecular flexibility index (Phi) is 6.03. The Morgan fingerprint density at radius 1 is 1.61 bits per heavy atom. The number of hydrogen-bond donors (Lipinski definition) is 3. The van der Waals surface area contributed by atoms with Crippen molar-refractivity contribution in [2.45, 2.75) is 13.0 Å². The molecule has 0 spiro atoms. The van der Waals surface area contributed by atoms with Crippen LogP contribution in [-0.2, 0) is 4.74 Å². The van der Waals surface area contributed by atoms with Gasteiger partial charge in [0.1, 0.15) is 5.82 Å². The minimum Gasteiger partial charge on any atom is -0.382 e. The molecule has 1 unspecified atom stereocenters. The van der Waals surface area contributed by atoms with Gasteiger partial charge < -0.3 is 10.1 Å². The molecule has 100 valence electrons. The van der Waals surface area contributed by atoms with Crippen LogP contribution in [0.3, 0.4) is 0 Å². The molecule has 0 radical (unpaired) electrons. The molecule has 18 heavy (non-hydrogen) atoms. The number of anilines is 1. The van der Waals surface area contributed by atoms with Crippen LogP contribution in [0, 0.1) is 5.82 Å². The summed E-state index contributed by atoms with van der Waals surface area (Å²) in [6.07, 6.45) is 0. The third-order valence-corrected chi connectivity index (χ3v) is 2.73. The lowest BCUT2D eigenvalue weighted by Crippen LogP contribution is -2.37. The summed E-state index contributed by atoms with van der Waals surface area (Å²) in [4.78, 5) is 4.27. The van der Waals surface area contributed by atoms with Gasteiger partial charge in [0.2, 0.25) is 5.96 Å². The minimum absolute atomic E-state index is 0.0484. The molecule has 0 aliphatic heterocycles. The number of nitrogens with two attached hydrogens (primary N) is 1. The number of nitrogens with zero attached hydrogens (tertiary/aromatic N) is 1. The second-order valence-corrected chi connectivity index (χ2v) is 4.53. The largest absolute Gasteiger partial charge is 0.382 e. The summed E-state index contributed by atoms with van der Waals surface area (Å²) < 4.78 is 18.5. The number of hydrazine groups is 1. The molecule has 0 amide bonds. The van der Waals surface area contributed by atoms with Gasteiger partial charge in [-0.2, -0.15) is 0 Å². The quantitative estimate of drug-likeness (QED) is 0.343. The molecule has 0 aliphatic rings. The number of aliphatic imine (C=N–C) groups is 1. The lowest BCUT2D eigenvalue weighted by Gasteiger charge is -2.13. The van der Waals surface area contributed by atoms with Crippen LogP contribution in [0.25, 0.3) is 0 Å². The zero-order chi connectivity index (χ0) is 13.5. The third-order valence-electron chi connectivity index (χ3n) is 2.08. The Bertz CT molecular complexity index is 428. The van der Waals surface area contributed by atoms with E-state index in [4.69, 9.17) is 10.6 Å². The molecular weight excluding hydrogens is 303 g/mol. The third kappa shape index (κ3) is 4.59. The van der Waals surface area contributed by atoms with E-state index in [0.29, 0.717) is 22.7 Å². The standard InChI is InChI=1S/C11H16BrFN4O/c1-7(6-18-2)15-11(17-14)16-10-4-3-8(13)5-9(10)12/h3-5,7H,6,14H2,1-2H3,(H2,15,16,17). The van der Waals surface area contributed by atoms with Gasteiger partial charge in [-0.15, -0.1) is 0 Å². The zero-order valence-electron chi connectivity index (χ0n) is 10.2. The van der Waals surface area contributed by atoms with Gasteiger partial charge >= 0.3 is 0 Å². The van der Waals surface area contributed by atoms with Crippen LogP contribution >= 0.6 is 15.9 Å². The highest BCUT2D eigenvalue weighted by Crippen LogP contribution is 2.22. The van der Waals surface area contributed by atoms with Crippen molar-refractivity contribution in [3.8, 4) is 0 Å². The van der Waals surface area contributed by atoms with E-state index in [9.17, 15) is 4.39 Å². The maximum absolute atomic E-state index is 12.9. The summed E-state index contributed by atoms with van der Waals surface area (Å²) in [6.45, 7) is 2.37. The summed E-state index contributed by atoms with van der Waals surface area (Å²) in [6, 6.07) is 4.25. The highest BCUT2D eigenvalue weighted by atomic mass is 79.9. The van der Waals surface area contributed by atoms with Crippen LogP contribution in [0.2, 0.25) is 0 Å². The van der Waals surface area contributed by atoms with Crippen LogP contribution in [0.1, 0.15) is 6.92 Å². The van der Waals surface area contributed by atoms with Crippen molar-refractivity contribution < 1.29 is 9.13 Å². The summed E-state index contributed by atoms with van der Waals surface area (Å²) in [5.74, 6) is 5.43. The number of halogens is 2. The van der Waals surface area contributed by atoms with Crippen LogP contribution in [-0.4, -0.2) is 25.7 Å². The molecule has 0 saturated heterocycles. The number of guanidine groups is 1. The number of hydrogen-bond acceptors (Lipinski definition) is 3. The maximum Gasteiger partial charge on any atom is 0.210 e. The maximum atomic E-state index is 12.9. The molecule has 7 heteroatoms. The number of benzene rings is 1. The fraction of sp³-hybridized carbons (Fsp3) is 0.364. The molecule has 0 aliphatic carbocycles. The second-order valence-electron chi connectivity index (χ2n) is 3.68. The second kappa shape index (κ2) is 7.30. The van der Waals surface area contributed by atoms with E-state index in [-0.39, 0.29) is 11.9 Å². The number of nitrogens with one attached hydrogen (secondary N) is 2. The fourth-order valence-corrected chi connectivity index (χ4v) is 1.77. The van der Waals surface area contributed by atoms with Crippen molar-refractivity contribution in [3.05, 3.63) is 28.5 Å². The molecule has 0 aromatic heterocycles. The molecular formula is C11H16BrFN4O. The van der Waals surface area contributed by atoms with E-state index >= 15 is 0 Å². The number of ether oxygens (including phenoxy) is 1. The molecule has 1 rings (SSSR count). The summed E-state index contributed by atoms with van der Waals surface area (Å²) in [5, 5.41) is 2.96. The van der Waals surface area contributed by atoms with Crippen molar-refractivity contribution in [2.24, 2.45) is 10.8 Å². The fourth-order valence-electron chi connectivity index (χ4n) is 1.32. The van der Waals surface area contributed by atoms with E-state index in [0.717, 1.165) is 0 Å². The lowest BCUT2D eigenvalue weighted by molar-refractivity contribution is 0.185. The highest BCUT2D eigenvalue weighted by molar-refractivity contribution is 9.10. The highest BCUT2D eigenvalue weighted by Gasteiger charge is 2.06. The first-order valence-corrected chi connectivity index (χ1v) is 6.11. The summed E-state index contributed by atoms with van der Waals surface area (Å²) in [7, 11) is 1.60. The molecule has 0 saturated carbocycles. The Balaban J connectivity index is 2.79. The molecule has 4 N–H and O–H groups in total. The van der Waals surface area contributed by atoms with E-state index < -0.39 is 0 Å². The van der Waals surface area contributed by atoms with Gasteiger partial charge in [0, 0.05) is 11.6 Å². The average Bonchev–Trinajstić information content (AvgIpc) is 2.31. The molecule has 1 atom stereocenters. The first kappa shape index (κ1) is 14.9. The first-order chi connectivity index (χ1) is 8.56. The van der Waals surface area contributed by atoms with Gasteiger partial charge in [0.15, 0.2) is 0 Å². The van der Waals surface area contributed by atoms with Crippen molar-refractivity contribution in [2.75, 3.05) is 19.0 Å². The topological polar surface area (TPSA) is 71.7 Å². The van der Waals surface area contributed by atoms with Gasteiger partial charge in [-0.1, -0.05) is 0 Å². The van der Waals surface area contributed by atoms with Crippen molar-refractivity contribution in [1.29, 1.82) is 0 Å². The molecule has 1 aromatic rings. The van der Waals surface area contributed by atoms with E-state index in [2.05, 4.69) is 31.7 Å². The van der Waals surface area contributed by atoms with E-state index in [1.54, 1.807) is 13.2 Å². The monoisotopic (exact) mass is 318 g/mol. The molecule has 0 heterocycles. The van der Waals surface area contributed by atoms with Crippen LogP contribution in [0.4, 0.5) is 10.1 Å². The molecule has 5 nitrogen and oxygen atoms in total. The summed E-state index contributed by atoms with van der Waals surface area (Å²) >= 11 is 3.25. The normalized spacial score (nSPS) is 13.3. The predicted molar refractivity (Wildman–Crippen MR) is 73.8 cm³/mol. The van der Waals surface area contributed by atoms with Crippen molar-refractivity contribution in [1.82, 2.24) is 5.43 Å². The van der Waals surface area contributed by atoms with Gasteiger partial charge in [-0.25, -0.2) is 15.2 Å². The number of rotatable bonds is 4. The zero-order valence-corrected chi connectivity index (χ0v) is 11.8. The van der Waals surface area contributed by atoms with Crippen LogP contribution in [0.15, 0.2) is 27.7 Å². The molecule has 1 aromatic carbocycles. The lowest BCUT2D eigenvalue weighted by atomic mass is 10.3. The minimum atomic E-state index is -0.320. The van der Waals surface area contributed by atoms with Crippen molar-refractivity contribution >= 4 is 27.6 Å². The Labute approximate surface area is 114 Å². The Morgan fingerprint density at radius 2 is 2.33 bits per heavy atom. The van der Waals surface area contributed by atoms with Crippen molar-refractivity contribution in [3.63, 3.8) is 0 Å². The Hall–Kier alpha value is -1.18.